The number of benzene rings is 1. The van der Waals surface area contributed by atoms with Crippen LogP contribution in [0.1, 0.15) is 36.0 Å². The van der Waals surface area contributed by atoms with Gasteiger partial charge in [-0.25, -0.2) is 9.78 Å². The molecule has 1 aliphatic rings. The molecule has 0 spiro atoms. The molecule has 27 heavy (non-hydrogen) atoms. The minimum Gasteiger partial charge on any atom is -0.389 e. The molecule has 7 heteroatoms. The molecule has 0 bridgehead atoms. The number of hydrogen-bond acceptors (Lipinski definition) is 7. The molecular weight excluding hydrogens is 362 g/mol. The summed E-state index contributed by atoms with van der Waals surface area (Å²) in [7, 11) is 0. The van der Waals surface area contributed by atoms with Crippen LogP contribution in [0.4, 0.5) is 5.13 Å². The van der Waals surface area contributed by atoms with Gasteiger partial charge in [-0.15, -0.1) is 11.3 Å². The summed E-state index contributed by atoms with van der Waals surface area (Å²) >= 11 is 1.69. The highest BCUT2D eigenvalue weighted by molar-refractivity contribution is 7.16. The van der Waals surface area contributed by atoms with Gasteiger partial charge in [-0.3, -0.25) is 4.79 Å². The molecule has 1 aliphatic heterocycles. The monoisotopic (exact) mass is 387 g/mol. The van der Waals surface area contributed by atoms with Crippen molar-refractivity contribution in [2.45, 2.75) is 27.7 Å². The molecule has 1 fully saturated rings. The van der Waals surface area contributed by atoms with Crippen molar-refractivity contribution in [3.8, 4) is 11.3 Å². The minimum absolute atomic E-state index is 0.353. The highest BCUT2D eigenvalue weighted by Gasteiger charge is 2.26. The summed E-state index contributed by atoms with van der Waals surface area (Å²) in [5.74, 6) is -1.16. The predicted octanol–water partition coefficient (Wildman–Crippen LogP) is 3.26. The van der Waals surface area contributed by atoms with Crippen LogP contribution in [0.25, 0.3) is 11.3 Å². The zero-order chi connectivity index (χ0) is 19.6. The molecule has 0 saturated carbocycles. The summed E-state index contributed by atoms with van der Waals surface area (Å²) < 4.78 is 4.95. The largest absolute Gasteiger partial charge is 0.389 e. The van der Waals surface area contributed by atoms with Crippen LogP contribution < -0.4 is 10.2 Å². The second kappa shape index (κ2) is 7.78. The van der Waals surface area contributed by atoms with Crippen LogP contribution in [0.3, 0.4) is 0 Å². The Hall–Kier alpha value is -2.25. The van der Waals surface area contributed by atoms with Crippen LogP contribution in [-0.2, 0) is 9.53 Å². The molecular formula is C20H25N3O3S. The number of aryl methyl sites for hydroxylation is 1. The van der Waals surface area contributed by atoms with E-state index in [2.05, 4.69) is 17.1 Å². The molecule has 1 saturated heterocycles. The van der Waals surface area contributed by atoms with Crippen molar-refractivity contribution in [1.82, 2.24) is 10.3 Å². The number of carbonyl (C=O) groups is 2. The first-order chi connectivity index (χ1) is 12.8. The van der Waals surface area contributed by atoms with Crippen molar-refractivity contribution in [2.75, 3.05) is 31.1 Å². The number of rotatable bonds is 3. The smallest absolute Gasteiger partial charge is 0.345 e. The van der Waals surface area contributed by atoms with Crippen molar-refractivity contribution in [1.29, 1.82) is 0 Å². The van der Waals surface area contributed by atoms with Gasteiger partial charge in [-0.05, 0) is 39.8 Å². The molecule has 1 aromatic carbocycles. The second-order valence-electron chi connectivity index (χ2n) is 7.64. The quantitative estimate of drug-likeness (QED) is 0.644. The summed E-state index contributed by atoms with van der Waals surface area (Å²) in [6.07, 6.45) is 0. The fraction of sp³-hybridized carbons (Fsp3) is 0.450. The standard InChI is InChI=1S/C20H25N3O3S/c1-13-16(22-19(27-13)23-11-9-21-10-12-23)14-5-7-15(8-6-14)17(24)26-18(25)20(2,3)4/h5-8,21H,9-12H2,1-4H3. The highest BCUT2D eigenvalue weighted by atomic mass is 32.1. The zero-order valence-electron chi connectivity index (χ0n) is 16.2. The lowest BCUT2D eigenvalue weighted by molar-refractivity contribution is -0.146. The molecule has 1 aromatic heterocycles. The second-order valence-corrected chi connectivity index (χ2v) is 8.82. The Kier molecular flexibility index (Phi) is 5.62. The third-order valence-corrected chi connectivity index (χ3v) is 5.40. The van der Waals surface area contributed by atoms with Gasteiger partial charge in [0.15, 0.2) is 5.13 Å². The van der Waals surface area contributed by atoms with Crippen molar-refractivity contribution < 1.29 is 14.3 Å². The number of hydrogen-bond donors (Lipinski definition) is 1. The van der Waals surface area contributed by atoms with Gasteiger partial charge >= 0.3 is 11.9 Å². The maximum Gasteiger partial charge on any atom is 0.345 e. The molecule has 3 rings (SSSR count). The lowest BCUT2D eigenvalue weighted by Gasteiger charge is -2.26. The van der Waals surface area contributed by atoms with E-state index in [-0.39, 0.29) is 0 Å². The van der Waals surface area contributed by atoms with Crippen LogP contribution in [-0.4, -0.2) is 43.1 Å². The normalized spacial score (nSPS) is 14.9. The summed E-state index contributed by atoms with van der Waals surface area (Å²) in [6, 6.07) is 7.05. The van der Waals surface area contributed by atoms with Gasteiger partial charge in [0, 0.05) is 36.6 Å². The number of nitrogens with zero attached hydrogens (tertiary/aromatic N) is 2. The van der Waals surface area contributed by atoms with Gasteiger partial charge in [-0.1, -0.05) is 12.1 Å². The first kappa shape index (κ1) is 19.5. The lowest BCUT2D eigenvalue weighted by Crippen LogP contribution is -2.43. The predicted molar refractivity (Wildman–Crippen MR) is 107 cm³/mol. The van der Waals surface area contributed by atoms with Gasteiger partial charge in [0.1, 0.15) is 0 Å². The Bertz CT molecular complexity index is 831. The van der Waals surface area contributed by atoms with Gasteiger partial charge in [0.2, 0.25) is 0 Å². The third-order valence-electron chi connectivity index (χ3n) is 4.36. The van der Waals surface area contributed by atoms with E-state index in [9.17, 15) is 9.59 Å². The van der Waals surface area contributed by atoms with Crippen LogP contribution in [0.15, 0.2) is 24.3 Å². The summed E-state index contributed by atoms with van der Waals surface area (Å²) in [5.41, 5.74) is 1.52. The highest BCUT2D eigenvalue weighted by Crippen LogP contribution is 2.32. The molecule has 0 aliphatic carbocycles. The van der Waals surface area contributed by atoms with E-state index >= 15 is 0 Å². The number of thiazole rings is 1. The molecule has 1 N–H and O–H groups in total. The van der Waals surface area contributed by atoms with Gasteiger partial charge in [0.05, 0.1) is 16.7 Å². The number of carbonyl (C=O) groups excluding carboxylic acids is 2. The first-order valence-corrected chi connectivity index (χ1v) is 9.87. The fourth-order valence-corrected chi connectivity index (χ4v) is 3.68. The van der Waals surface area contributed by atoms with Crippen molar-refractivity contribution >= 4 is 28.4 Å². The number of anilines is 1. The summed E-state index contributed by atoms with van der Waals surface area (Å²) in [4.78, 5) is 32.3. The molecule has 0 unspecified atom stereocenters. The van der Waals surface area contributed by atoms with Crippen LogP contribution >= 0.6 is 11.3 Å². The summed E-state index contributed by atoms with van der Waals surface area (Å²) in [5, 5.41) is 4.38. The third kappa shape index (κ3) is 4.54. The Morgan fingerprint density at radius 2 is 1.78 bits per heavy atom. The van der Waals surface area contributed by atoms with Crippen LogP contribution in [0.2, 0.25) is 0 Å². The lowest BCUT2D eigenvalue weighted by atomic mass is 9.97. The van der Waals surface area contributed by atoms with Gasteiger partial charge < -0.3 is 15.0 Å². The Labute approximate surface area is 163 Å². The average molecular weight is 388 g/mol. The van der Waals surface area contributed by atoms with E-state index in [1.807, 2.05) is 12.1 Å². The minimum atomic E-state index is -0.715. The first-order valence-electron chi connectivity index (χ1n) is 9.06. The Balaban J connectivity index is 1.74. The topological polar surface area (TPSA) is 71.5 Å². The number of nitrogens with one attached hydrogen (secondary N) is 1. The van der Waals surface area contributed by atoms with E-state index in [1.54, 1.807) is 44.2 Å². The van der Waals surface area contributed by atoms with E-state index in [0.29, 0.717) is 5.56 Å². The summed E-state index contributed by atoms with van der Waals surface area (Å²) in [6.45, 7) is 11.1. The van der Waals surface area contributed by atoms with E-state index in [0.717, 1.165) is 47.4 Å². The molecule has 6 nitrogen and oxygen atoms in total. The molecule has 0 amide bonds. The molecule has 0 radical (unpaired) electrons. The molecule has 2 heterocycles. The number of esters is 2. The van der Waals surface area contributed by atoms with Crippen molar-refractivity contribution in [2.24, 2.45) is 5.41 Å². The number of aromatic nitrogens is 1. The Morgan fingerprint density at radius 1 is 1.15 bits per heavy atom. The number of ether oxygens (including phenoxy) is 1. The van der Waals surface area contributed by atoms with Gasteiger partial charge in [0.25, 0.3) is 0 Å². The Morgan fingerprint density at radius 3 is 2.37 bits per heavy atom. The van der Waals surface area contributed by atoms with E-state index in [1.165, 1.54) is 0 Å². The van der Waals surface area contributed by atoms with Crippen molar-refractivity contribution in [3.63, 3.8) is 0 Å². The van der Waals surface area contributed by atoms with Crippen LogP contribution in [0, 0.1) is 12.3 Å². The van der Waals surface area contributed by atoms with Gasteiger partial charge in [-0.2, -0.15) is 0 Å². The molecule has 0 atom stereocenters. The number of piperazine rings is 1. The average Bonchev–Trinajstić information content (AvgIpc) is 3.03. The maximum absolute atomic E-state index is 12.2. The van der Waals surface area contributed by atoms with E-state index in [4.69, 9.17) is 9.72 Å². The zero-order valence-corrected chi connectivity index (χ0v) is 17.0. The van der Waals surface area contributed by atoms with Crippen molar-refractivity contribution in [3.05, 3.63) is 34.7 Å². The van der Waals surface area contributed by atoms with Crippen LogP contribution in [0.5, 0.6) is 0 Å². The van der Waals surface area contributed by atoms with E-state index < -0.39 is 17.4 Å². The molecule has 144 valence electrons. The fourth-order valence-electron chi connectivity index (χ4n) is 2.70. The SMILES string of the molecule is Cc1sc(N2CCNCC2)nc1-c1ccc(C(=O)OC(=O)C(C)(C)C)cc1. The molecule has 2 aromatic rings. The maximum atomic E-state index is 12.2.